The summed E-state index contributed by atoms with van der Waals surface area (Å²) < 4.78 is 0. The van der Waals surface area contributed by atoms with E-state index in [1.165, 1.54) is 0 Å². The van der Waals surface area contributed by atoms with Crippen molar-refractivity contribution >= 4 is 11.8 Å². The van der Waals surface area contributed by atoms with Crippen LogP contribution in [0.15, 0.2) is 30.3 Å². The van der Waals surface area contributed by atoms with Gasteiger partial charge in [0.15, 0.2) is 0 Å². The minimum absolute atomic E-state index is 0.0337. The van der Waals surface area contributed by atoms with Crippen molar-refractivity contribution in [3.63, 3.8) is 0 Å². The van der Waals surface area contributed by atoms with Crippen LogP contribution in [-0.2, 0) is 4.79 Å². The molecule has 4 rings (SSSR count). The van der Waals surface area contributed by atoms with E-state index in [0.717, 1.165) is 19.3 Å². The summed E-state index contributed by atoms with van der Waals surface area (Å²) in [7, 11) is 0. The van der Waals surface area contributed by atoms with Crippen molar-refractivity contribution in [2.75, 3.05) is 6.54 Å². The number of nitrogens with one attached hydrogen (secondary N) is 1. The standard InChI is InChI=1S/C18H23N3O2/c1-16-11-21(20-14(22)12-6-4-3-5-7-12)18(15(19)23)10-13(16)8-9-17(16,18)2/h3-7,13H,8-11H2,1-2H3,(H2,19,23)(H,20,22). The van der Waals surface area contributed by atoms with Crippen LogP contribution >= 0.6 is 0 Å². The molecule has 4 bridgehead atoms. The van der Waals surface area contributed by atoms with E-state index < -0.39 is 5.54 Å². The molecule has 2 amide bonds. The number of amides is 2. The number of hydrogen-bond donors (Lipinski definition) is 2. The maximum Gasteiger partial charge on any atom is 0.265 e. The first kappa shape index (κ1) is 14.7. The summed E-state index contributed by atoms with van der Waals surface area (Å²) in [5.74, 6) is 0.0333. The normalized spacial score (nSPS) is 41.2. The molecule has 23 heavy (non-hydrogen) atoms. The highest BCUT2D eigenvalue weighted by atomic mass is 16.2. The fourth-order valence-electron chi connectivity index (χ4n) is 5.70. The van der Waals surface area contributed by atoms with Crippen molar-refractivity contribution < 1.29 is 9.59 Å². The molecule has 1 aromatic carbocycles. The Labute approximate surface area is 136 Å². The molecule has 0 aromatic heterocycles. The molecule has 1 aromatic rings. The van der Waals surface area contributed by atoms with Crippen molar-refractivity contribution in [1.29, 1.82) is 0 Å². The van der Waals surface area contributed by atoms with E-state index in [1.54, 1.807) is 12.1 Å². The lowest BCUT2D eigenvalue weighted by atomic mass is 9.65. The lowest BCUT2D eigenvalue weighted by Gasteiger charge is -2.45. The number of nitrogens with zero attached hydrogens (tertiary/aromatic N) is 1. The van der Waals surface area contributed by atoms with Gasteiger partial charge in [-0.05, 0) is 42.7 Å². The number of carbonyl (C=O) groups excluding carboxylic acids is 2. The van der Waals surface area contributed by atoms with Crippen LogP contribution in [0.3, 0.4) is 0 Å². The van der Waals surface area contributed by atoms with Gasteiger partial charge < -0.3 is 5.73 Å². The van der Waals surface area contributed by atoms with Crippen molar-refractivity contribution in [3.8, 4) is 0 Å². The fourth-order valence-corrected chi connectivity index (χ4v) is 5.70. The molecule has 3 fully saturated rings. The lowest BCUT2D eigenvalue weighted by molar-refractivity contribution is -0.137. The number of hydrogen-bond acceptors (Lipinski definition) is 3. The molecule has 3 aliphatic rings. The molecule has 0 radical (unpaired) electrons. The third-order valence-electron chi connectivity index (χ3n) is 7.24. The predicted octanol–water partition coefficient (Wildman–Crippen LogP) is 1.70. The molecule has 122 valence electrons. The molecule has 1 saturated heterocycles. The van der Waals surface area contributed by atoms with Crippen LogP contribution in [0.5, 0.6) is 0 Å². The highest BCUT2D eigenvalue weighted by Crippen LogP contribution is 2.75. The maximum atomic E-state index is 12.6. The number of carbonyl (C=O) groups is 2. The van der Waals surface area contributed by atoms with Gasteiger partial charge in [0.2, 0.25) is 5.91 Å². The van der Waals surface area contributed by atoms with E-state index in [9.17, 15) is 9.59 Å². The van der Waals surface area contributed by atoms with Crippen LogP contribution in [0.1, 0.15) is 43.5 Å². The zero-order valence-corrected chi connectivity index (χ0v) is 13.6. The van der Waals surface area contributed by atoms with Crippen LogP contribution in [-0.4, -0.2) is 28.9 Å². The highest BCUT2D eigenvalue weighted by molar-refractivity contribution is 5.95. The minimum atomic E-state index is -0.755. The number of benzene rings is 1. The SMILES string of the molecule is CC12CN(NC(=O)c3ccccc3)C3(C(N)=O)CC1CCC23C. The number of nitrogens with two attached hydrogens (primary N) is 1. The molecule has 4 unspecified atom stereocenters. The van der Waals surface area contributed by atoms with Gasteiger partial charge in [-0.2, -0.15) is 0 Å². The Balaban J connectivity index is 1.69. The van der Waals surface area contributed by atoms with E-state index in [-0.39, 0.29) is 22.6 Å². The quantitative estimate of drug-likeness (QED) is 0.892. The third kappa shape index (κ3) is 1.51. The number of rotatable bonds is 3. The van der Waals surface area contributed by atoms with Crippen molar-refractivity contribution in [3.05, 3.63) is 35.9 Å². The zero-order valence-electron chi connectivity index (χ0n) is 13.6. The Bertz CT molecular complexity index is 691. The van der Waals surface area contributed by atoms with Crippen molar-refractivity contribution in [1.82, 2.24) is 10.4 Å². The second-order valence-corrected chi connectivity index (χ2v) is 7.81. The van der Waals surface area contributed by atoms with Gasteiger partial charge in [0.25, 0.3) is 5.91 Å². The van der Waals surface area contributed by atoms with Crippen LogP contribution < -0.4 is 11.2 Å². The number of piperidine rings is 1. The Kier molecular flexibility index (Phi) is 2.78. The van der Waals surface area contributed by atoms with E-state index in [2.05, 4.69) is 19.3 Å². The number of hydrazine groups is 1. The van der Waals surface area contributed by atoms with Crippen LogP contribution in [0, 0.1) is 16.7 Å². The predicted molar refractivity (Wildman–Crippen MR) is 86.1 cm³/mol. The number of primary amides is 1. The van der Waals surface area contributed by atoms with Gasteiger partial charge in [-0.25, -0.2) is 5.01 Å². The van der Waals surface area contributed by atoms with Gasteiger partial charge in [-0.15, -0.1) is 0 Å². The van der Waals surface area contributed by atoms with Gasteiger partial charge in [-0.3, -0.25) is 15.0 Å². The van der Waals surface area contributed by atoms with Crippen LogP contribution in [0.4, 0.5) is 0 Å². The average molecular weight is 313 g/mol. The van der Waals surface area contributed by atoms with Crippen LogP contribution in [0.25, 0.3) is 0 Å². The first-order chi connectivity index (χ1) is 10.8. The lowest BCUT2D eigenvalue weighted by Crippen LogP contribution is -2.66. The van der Waals surface area contributed by atoms with Crippen LogP contribution in [0.2, 0.25) is 0 Å². The molecule has 5 nitrogen and oxygen atoms in total. The average Bonchev–Trinajstić information content (AvgIpc) is 2.97. The Morgan fingerprint density at radius 2 is 1.96 bits per heavy atom. The monoisotopic (exact) mass is 313 g/mol. The molecule has 1 heterocycles. The molecule has 3 N–H and O–H groups in total. The van der Waals surface area contributed by atoms with E-state index in [0.29, 0.717) is 18.0 Å². The summed E-state index contributed by atoms with van der Waals surface area (Å²) in [6.45, 7) is 5.12. The highest BCUT2D eigenvalue weighted by Gasteiger charge is 2.80. The largest absolute Gasteiger partial charge is 0.368 e. The van der Waals surface area contributed by atoms with E-state index >= 15 is 0 Å². The Morgan fingerprint density at radius 3 is 2.57 bits per heavy atom. The molecule has 2 aliphatic carbocycles. The Hall–Kier alpha value is -1.88. The molecular formula is C18H23N3O2. The van der Waals surface area contributed by atoms with Gasteiger partial charge in [0.05, 0.1) is 0 Å². The van der Waals surface area contributed by atoms with Gasteiger partial charge in [-0.1, -0.05) is 32.0 Å². The molecular weight excluding hydrogens is 290 g/mol. The topological polar surface area (TPSA) is 75.4 Å². The molecule has 0 spiro atoms. The molecule has 4 atom stereocenters. The van der Waals surface area contributed by atoms with Gasteiger partial charge >= 0.3 is 0 Å². The summed E-state index contributed by atoms with van der Waals surface area (Å²) in [5, 5.41) is 1.85. The zero-order chi connectivity index (χ0) is 16.5. The van der Waals surface area contributed by atoms with E-state index in [4.69, 9.17) is 5.73 Å². The second-order valence-electron chi connectivity index (χ2n) is 7.81. The third-order valence-corrected chi connectivity index (χ3v) is 7.24. The molecule has 1 aliphatic heterocycles. The maximum absolute atomic E-state index is 12.6. The fraction of sp³-hybridized carbons (Fsp3) is 0.556. The van der Waals surface area contributed by atoms with Gasteiger partial charge in [0.1, 0.15) is 5.54 Å². The minimum Gasteiger partial charge on any atom is -0.368 e. The second kappa shape index (κ2) is 4.35. The molecule has 5 heteroatoms. The molecule has 2 saturated carbocycles. The summed E-state index contributed by atoms with van der Waals surface area (Å²) in [5.41, 5.74) is 8.56. The van der Waals surface area contributed by atoms with Gasteiger partial charge in [0, 0.05) is 17.5 Å². The first-order valence-electron chi connectivity index (χ1n) is 8.29. The summed E-state index contributed by atoms with van der Waals surface area (Å²) in [4.78, 5) is 25.0. The summed E-state index contributed by atoms with van der Waals surface area (Å²) in [6, 6.07) is 9.09. The van der Waals surface area contributed by atoms with Crippen molar-refractivity contribution in [2.45, 2.75) is 38.6 Å². The summed E-state index contributed by atoms with van der Waals surface area (Å²) >= 11 is 0. The smallest absolute Gasteiger partial charge is 0.265 e. The Morgan fingerprint density at radius 1 is 1.26 bits per heavy atom. The van der Waals surface area contributed by atoms with E-state index in [1.807, 2.05) is 23.2 Å². The summed E-state index contributed by atoms with van der Waals surface area (Å²) in [6.07, 6.45) is 2.90. The first-order valence-corrected chi connectivity index (χ1v) is 8.29. The van der Waals surface area contributed by atoms with Crippen molar-refractivity contribution in [2.24, 2.45) is 22.5 Å².